The molecule has 0 aromatic heterocycles. The van der Waals surface area contributed by atoms with Crippen LogP contribution in [0.4, 0.5) is 0 Å². The maximum atomic E-state index is 13.8. The number of allylic oxidation sites excluding steroid dienone is 2. The Morgan fingerprint density at radius 3 is 2.13 bits per heavy atom. The van der Waals surface area contributed by atoms with Crippen molar-refractivity contribution in [2.24, 2.45) is 56.2 Å². The second-order valence-corrected chi connectivity index (χ2v) is 23.5. The van der Waals surface area contributed by atoms with Crippen LogP contribution in [-0.4, -0.2) is 158 Å². The zero-order valence-corrected chi connectivity index (χ0v) is 42.1. The molecule has 7 rings (SSSR count). The Morgan fingerprint density at radius 2 is 1.51 bits per heavy atom. The molecule has 4 saturated carbocycles. The van der Waals surface area contributed by atoms with E-state index in [1.54, 1.807) is 26.8 Å². The summed E-state index contributed by atoms with van der Waals surface area (Å²) in [5.41, 5.74) is -3.79. The number of fused-ring (bicyclic) bond motifs is 7. The van der Waals surface area contributed by atoms with E-state index in [1.165, 1.54) is 0 Å². The van der Waals surface area contributed by atoms with Gasteiger partial charge in [-0.05, 0) is 92.8 Å². The van der Waals surface area contributed by atoms with Gasteiger partial charge in [0.1, 0.15) is 42.7 Å². The molecule has 0 aromatic rings. The highest BCUT2D eigenvalue weighted by atomic mass is 16.8. The predicted octanol–water partition coefficient (Wildman–Crippen LogP) is 2.56. The Balaban J connectivity index is 1.20. The first-order valence-corrected chi connectivity index (χ1v) is 25.0. The maximum absolute atomic E-state index is 13.8. The number of aliphatic hydroxyl groups excluding tert-OH is 8. The lowest BCUT2D eigenvalue weighted by molar-refractivity contribution is -0.383. The highest BCUT2D eigenvalue weighted by Crippen LogP contribution is 2.76. The van der Waals surface area contributed by atoms with E-state index in [1.807, 2.05) is 27.7 Å². The Kier molecular flexibility index (Phi) is 15.2. The number of ether oxygens (including phenoxy) is 7. The molecule has 2 heterocycles. The van der Waals surface area contributed by atoms with Crippen LogP contribution in [0.15, 0.2) is 23.3 Å². The van der Waals surface area contributed by atoms with Gasteiger partial charge in [-0.2, -0.15) is 0 Å². The molecule has 0 bridgehead atoms. The van der Waals surface area contributed by atoms with Gasteiger partial charge in [-0.15, -0.1) is 0 Å². The molecular formula is C51H80O18. The van der Waals surface area contributed by atoms with Crippen molar-refractivity contribution in [1.29, 1.82) is 0 Å². The molecular weight excluding hydrogens is 901 g/mol. The quantitative estimate of drug-likeness (QED) is 0.0349. The van der Waals surface area contributed by atoms with E-state index in [2.05, 4.69) is 33.8 Å². The third-order valence-corrected chi connectivity index (χ3v) is 19.4. The molecule has 392 valence electrons. The smallest absolute Gasteiger partial charge is 0.333 e. The topological polar surface area (TPSA) is 278 Å². The summed E-state index contributed by atoms with van der Waals surface area (Å²) in [5.74, 6) is -2.28. The van der Waals surface area contributed by atoms with Gasteiger partial charge in [0.2, 0.25) is 6.29 Å². The monoisotopic (exact) mass is 981 g/mol. The van der Waals surface area contributed by atoms with E-state index < -0.39 is 150 Å². The third-order valence-electron chi connectivity index (χ3n) is 19.4. The molecule has 18 heteroatoms. The molecule has 7 aliphatic rings. The van der Waals surface area contributed by atoms with Crippen LogP contribution < -0.4 is 0 Å². The summed E-state index contributed by atoms with van der Waals surface area (Å²) < 4.78 is 41.4. The first-order valence-electron chi connectivity index (χ1n) is 25.0. The van der Waals surface area contributed by atoms with Crippen molar-refractivity contribution in [3.8, 4) is 0 Å². The fourth-order valence-corrected chi connectivity index (χ4v) is 14.7. The van der Waals surface area contributed by atoms with Crippen molar-refractivity contribution in [3.63, 3.8) is 0 Å². The van der Waals surface area contributed by atoms with E-state index >= 15 is 0 Å². The van der Waals surface area contributed by atoms with E-state index in [0.29, 0.717) is 50.5 Å². The zero-order valence-electron chi connectivity index (χ0n) is 42.1. The van der Waals surface area contributed by atoms with E-state index in [-0.39, 0.29) is 23.7 Å². The normalized spacial score (nSPS) is 48.5. The molecule has 69 heavy (non-hydrogen) atoms. The molecule has 0 amide bonds. The molecule has 0 radical (unpaired) electrons. The molecule has 13 unspecified atom stereocenters. The second-order valence-electron chi connectivity index (χ2n) is 23.5. The van der Waals surface area contributed by atoms with Crippen molar-refractivity contribution in [2.75, 3.05) is 13.2 Å². The molecule has 0 spiro atoms. The molecule has 2 aliphatic heterocycles. The number of carbonyl (C=O) groups excluding carboxylic acids is 3. The number of esters is 2. The van der Waals surface area contributed by atoms with Gasteiger partial charge in [-0.3, -0.25) is 9.59 Å². The van der Waals surface area contributed by atoms with Gasteiger partial charge in [0.15, 0.2) is 18.7 Å². The highest BCUT2D eigenvalue weighted by molar-refractivity contribution is 5.87. The van der Waals surface area contributed by atoms with Gasteiger partial charge >= 0.3 is 11.9 Å². The first-order chi connectivity index (χ1) is 32.2. The van der Waals surface area contributed by atoms with E-state index in [9.17, 15) is 55.2 Å². The molecule has 2 saturated heterocycles. The fraction of sp³-hybridized carbons (Fsp3) is 0.863. The number of hydrogen-bond donors (Lipinski definition) is 8. The second kappa shape index (κ2) is 19.4. The van der Waals surface area contributed by atoms with Crippen LogP contribution in [-0.2, 0) is 47.5 Å². The Bertz CT molecular complexity index is 1970. The minimum absolute atomic E-state index is 0.00990. The van der Waals surface area contributed by atoms with Gasteiger partial charge in [0.05, 0.1) is 42.9 Å². The van der Waals surface area contributed by atoms with E-state index in [0.717, 1.165) is 5.57 Å². The van der Waals surface area contributed by atoms with Crippen LogP contribution in [0.3, 0.4) is 0 Å². The van der Waals surface area contributed by atoms with Crippen LogP contribution in [0.25, 0.3) is 0 Å². The van der Waals surface area contributed by atoms with Crippen LogP contribution in [0, 0.1) is 56.2 Å². The Labute approximate surface area is 405 Å². The number of rotatable bonds is 12. The van der Waals surface area contributed by atoms with Gasteiger partial charge in [0, 0.05) is 16.4 Å². The van der Waals surface area contributed by atoms with E-state index in [4.69, 9.17) is 33.2 Å². The number of aliphatic hydroxyl groups is 8. The predicted molar refractivity (Wildman–Crippen MR) is 244 cm³/mol. The summed E-state index contributed by atoms with van der Waals surface area (Å²) in [6.07, 6.45) is -12.8. The summed E-state index contributed by atoms with van der Waals surface area (Å²) in [6.45, 7) is 20.6. The SMILES string of the molecule is C/C=C(/C)C(=O)O[C@H]1[C@H](OC(=O)C(C)CC)[C@]2(CO)[C@H](O)[C@H](O)[C@]3(C)C(=CCC4[C@@]5(C)CCC(OC6OC(OC=O)C(O)C(OC7OCC(O)C(O)C7O)C6O)C(C)(C)C5CC[C@]43C)[C@@H]2CC1(C)C. The maximum Gasteiger partial charge on any atom is 0.333 e. The van der Waals surface area contributed by atoms with Crippen molar-refractivity contribution < 1.29 is 88.4 Å². The lowest BCUT2D eigenvalue weighted by Crippen LogP contribution is -2.76. The minimum Gasteiger partial charge on any atom is -0.457 e. The van der Waals surface area contributed by atoms with Crippen LogP contribution in [0.1, 0.15) is 121 Å². The summed E-state index contributed by atoms with van der Waals surface area (Å²) in [5, 5.41) is 91.2. The average molecular weight is 981 g/mol. The van der Waals surface area contributed by atoms with Crippen LogP contribution in [0.5, 0.6) is 0 Å². The Hall–Kier alpha value is -2.59. The molecule has 5 aliphatic carbocycles. The van der Waals surface area contributed by atoms with Crippen LogP contribution in [0.2, 0.25) is 0 Å². The minimum atomic E-state index is -1.76. The summed E-state index contributed by atoms with van der Waals surface area (Å²) in [4.78, 5) is 38.9. The summed E-state index contributed by atoms with van der Waals surface area (Å²) in [7, 11) is 0. The largest absolute Gasteiger partial charge is 0.457 e. The van der Waals surface area contributed by atoms with Gasteiger partial charge in [0.25, 0.3) is 6.47 Å². The molecule has 0 aromatic carbocycles. The molecule has 22 atom stereocenters. The summed E-state index contributed by atoms with van der Waals surface area (Å²) in [6, 6.07) is 0. The molecule has 18 nitrogen and oxygen atoms in total. The lowest BCUT2D eigenvalue weighted by Gasteiger charge is -2.73. The third kappa shape index (κ3) is 8.36. The standard InChI is InChI=1S/C51H80O18/c1-12-24(3)41(61)67-39-40(68-42(62)25(4)13-2)51(22-52)27(20-46(39,5)6)26-14-15-30-48(9)18-17-31(47(7,8)29(48)16-19-49(30,10)50(26,11)37(59)38(51)60)65-45-35(58)36(34(57)44(69-45)64-23-53)66-43-33(56)32(55)28(54)21-63-43/h12,14,23,25,27-40,43-45,52,54-60H,13,15-22H2,1-11H3/b24-12-/t25?,27-,28?,29?,30?,31?,32?,33?,34?,35?,36?,37-,38+,39-,40-,43?,44?,45?,48-,49+,50-,51-/m0/s1. The highest BCUT2D eigenvalue weighted by Gasteiger charge is 2.76. The molecule has 6 fully saturated rings. The summed E-state index contributed by atoms with van der Waals surface area (Å²) >= 11 is 0. The first kappa shape index (κ1) is 54.2. The van der Waals surface area contributed by atoms with Gasteiger partial charge in [-0.25, -0.2) is 4.79 Å². The van der Waals surface area contributed by atoms with Crippen molar-refractivity contribution >= 4 is 18.4 Å². The Morgan fingerprint density at radius 1 is 0.841 bits per heavy atom. The van der Waals surface area contributed by atoms with Crippen molar-refractivity contribution in [1.82, 2.24) is 0 Å². The van der Waals surface area contributed by atoms with Crippen molar-refractivity contribution in [3.05, 3.63) is 23.3 Å². The van der Waals surface area contributed by atoms with Crippen LogP contribution >= 0.6 is 0 Å². The van der Waals surface area contributed by atoms with Gasteiger partial charge < -0.3 is 74.0 Å². The molecule has 8 N–H and O–H groups in total. The lowest BCUT2D eigenvalue weighted by atomic mass is 9.32. The number of hydrogen-bond acceptors (Lipinski definition) is 18. The zero-order chi connectivity index (χ0) is 51.1. The number of carbonyl (C=O) groups is 3. The fourth-order valence-electron chi connectivity index (χ4n) is 14.7. The van der Waals surface area contributed by atoms with Gasteiger partial charge in [-0.1, -0.05) is 80.0 Å². The average Bonchev–Trinajstić information content (AvgIpc) is 3.30. The van der Waals surface area contributed by atoms with Crippen molar-refractivity contribution in [2.45, 2.75) is 207 Å².